The van der Waals surface area contributed by atoms with E-state index in [1.54, 1.807) is 0 Å². The van der Waals surface area contributed by atoms with E-state index >= 15 is 0 Å². The number of ether oxygens (including phenoxy) is 2. The maximum Gasteiger partial charge on any atom is 0.157 e. The van der Waals surface area contributed by atoms with Crippen LogP contribution < -0.4 is 0 Å². The summed E-state index contributed by atoms with van der Waals surface area (Å²) in [5, 5.41) is 0. The fourth-order valence-corrected chi connectivity index (χ4v) is 2.20. The van der Waals surface area contributed by atoms with Crippen molar-refractivity contribution in [2.45, 2.75) is 84.0 Å². The summed E-state index contributed by atoms with van der Waals surface area (Å²) in [6.45, 7) is 5.38. The van der Waals surface area contributed by atoms with Crippen LogP contribution in [0.2, 0.25) is 0 Å². The lowest BCUT2D eigenvalue weighted by atomic mass is 10.1. The number of hydrogen-bond donors (Lipinski definition) is 0. The molecule has 0 bridgehead atoms. The Morgan fingerprint density at radius 2 is 1.62 bits per heavy atom. The first-order valence-electron chi connectivity index (χ1n) is 7.13. The topological polar surface area (TPSA) is 18.5 Å². The second-order valence-corrected chi connectivity index (χ2v) is 4.84. The average molecular weight is 228 g/mol. The number of rotatable bonds is 8. The molecule has 96 valence electrons. The van der Waals surface area contributed by atoms with Gasteiger partial charge in [0.2, 0.25) is 0 Å². The molecule has 0 saturated carbocycles. The summed E-state index contributed by atoms with van der Waals surface area (Å²) >= 11 is 0. The molecule has 1 aliphatic rings. The molecule has 1 aliphatic heterocycles. The van der Waals surface area contributed by atoms with Crippen LogP contribution in [-0.4, -0.2) is 19.0 Å². The summed E-state index contributed by atoms with van der Waals surface area (Å²) < 4.78 is 11.6. The third kappa shape index (κ3) is 5.86. The van der Waals surface area contributed by atoms with Crippen molar-refractivity contribution in [3.63, 3.8) is 0 Å². The van der Waals surface area contributed by atoms with Gasteiger partial charge in [0, 0.05) is 0 Å². The molecule has 0 N–H and O–H groups in total. The molecule has 0 aromatic rings. The van der Waals surface area contributed by atoms with E-state index in [-0.39, 0.29) is 6.29 Å². The maximum absolute atomic E-state index is 5.96. The third-order valence-electron chi connectivity index (χ3n) is 3.26. The van der Waals surface area contributed by atoms with Gasteiger partial charge >= 0.3 is 0 Å². The van der Waals surface area contributed by atoms with Gasteiger partial charge in [0.1, 0.15) is 0 Å². The second kappa shape index (κ2) is 9.00. The minimum atomic E-state index is 0.0897. The van der Waals surface area contributed by atoms with E-state index in [2.05, 4.69) is 13.8 Å². The summed E-state index contributed by atoms with van der Waals surface area (Å²) in [4.78, 5) is 0. The Hall–Kier alpha value is -0.0800. The zero-order valence-corrected chi connectivity index (χ0v) is 11.0. The van der Waals surface area contributed by atoms with Crippen LogP contribution in [0.4, 0.5) is 0 Å². The van der Waals surface area contributed by atoms with Gasteiger partial charge in [0.25, 0.3) is 0 Å². The lowest BCUT2D eigenvalue weighted by Gasteiger charge is -2.30. The highest BCUT2D eigenvalue weighted by Crippen LogP contribution is 2.21. The molecule has 0 unspecified atom stereocenters. The third-order valence-corrected chi connectivity index (χ3v) is 3.26. The van der Waals surface area contributed by atoms with Gasteiger partial charge in [-0.3, -0.25) is 0 Å². The molecule has 1 rings (SSSR count). The van der Waals surface area contributed by atoms with E-state index in [0.717, 1.165) is 19.4 Å². The van der Waals surface area contributed by atoms with E-state index in [1.165, 1.54) is 44.9 Å². The molecule has 0 aliphatic carbocycles. The fraction of sp³-hybridized carbons (Fsp3) is 1.00. The Morgan fingerprint density at radius 1 is 0.938 bits per heavy atom. The highest BCUT2D eigenvalue weighted by atomic mass is 16.7. The standard InChI is InChI=1S/C14H28O2/c1-3-5-7-9-13-11-12-15-14(16-13)10-8-6-4-2/h13-14H,3-12H2,1-2H3/t13-,14+/m1/s1. The minimum absolute atomic E-state index is 0.0897. The average Bonchev–Trinajstić information content (AvgIpc) is 2.30. The van der Waals surface area contributed by atoms with Crippen LogP contribution in [0.5, 0.6) is 0 Å². The Bertz CT molecular complexity index is 143. The van der Waals surface area contributed by atoms with Gasteiger partial charge in [0.15, 0.2) is 6.29 Å². The van der Waals surface area contributed by atoms with Crippen LogP contribution in [0, 0.1) is 0 Å². The molecule has 0 spiro atoms. The summed E-state index contributed by atoms with van der Waals surface area (Å²) in [5.41, 5.74) is 0. The van der Waals surface area contributed by atoms with Crippen molar-refractivity contribution in [2.75, 3.05) is 6.61 Å². The molecule has 0 aromatic heterocycles. The summed E-state index contributed by atoms with van der Waals surface area (Å²) in [7, 11) is 0. The normalized spacial score (nSPS) is 25.9. The first kappa shape index (κ1) is 14.0. The summed E-state index contributed by atoms with van der Waals surface area (Å²) in [5.74, 6) is 0. The first-order valence-corrected chi connectivity index (χ1v) is 7.13. The van der Waals surface area contributed by atoms with Crippen molar-refractivity contribution < 1.29 is 9.47 Å². The zero-order chi connectivity index (χ0) is 11.6. The van der Waals surface area contributed by atoms with E-state index < -0.39 is 0 Å². The SMILES string of the molecule is CCCCC[C@@H]1CCO[C@H](CCCCC)O1. The Labute approximate surface area is 101 Å². The van der Waals surface area contributed by atoms with Crippen LogP contribution >= 0.6 is 0 Å². The Balaban J connectivity index is 2.09. The maximum atomic E-state index is 5.96. The van der Waals surface area contributed by atoms with Gasteiger partial charge in [-0.15, -0.1) is 0 Å². The smallest absolute Gasteiger partial charge is 0.157 e. The van der Waals surface area contributed by atoms with Crippen molar-refractivity contribution in [1.29, 1.82) is 0 Å². The highest BCUT2D eigenvalue weighted by Gasteiger charge is 2.21. The Morgan fingerprint density at radius 3 is 2.31 bits per heavy atom. The van der Waals surface area contributed by atoms with Gasteiger partial charge in [0.05, 0.1) is 12.7 Å². The summed E-state index contributed by atoms with van der Waals surface area (Å²) in [6.07, 6.45) is 11.7. The molecule has 16 heavy (non-hydrogen) atoms. The van der Waals surface area contributed by atoms with Crippen LogP contribution in [0.3, 0.4) is 0 Å². The van der Waals surface area contributed by atoms with Gasteiger partial charge in [-0.1, -0.05) is 46.0 Å². The molecule has 0 aromatic carbocycles. The molecule has 1 fully saturated rings. The second-order valence-electron chi connectivity index (χ2n) is 4.84. The van der Waals surface area contributed by atoms with Crippen LogP contribution in [0.15, 0.2) is 0 Å². The molecular formula is C14H28O2. The van der Waals surface area contributed by atoms with Crippen molar-refractivity contribution >= 4 is 0 Å². The van der Waals surface area contributed by atoms with Crippen molar-refractivity contribution in [3.05, 3.63) is 0 Å². The minimum Gasteiger partial charge on any atom is -0.353 e. The Kier molecular flexibility index (Phi) is 7.87. The predicted octanol–water partition coefficient (Wildman–Crippen LogP) is 4.28. The largest absolute Gasteiger partial charge is 0.353 e. The van der Waals surface area contributed by atoms with Crippen LogP contribution in [0.1, 0.15) is 71.6 Å². The quantitative estimate of drug-likeness (QED) is 0.577. The lowest BCUT2D eigenvalue weighted by molar-refractivity contribution is -0.216. The molecule has 2 heteroatoms. The monoisotopic (exact) mass is 228 g/mol. The van der Waals surface area contributed by atoms with Crippen molar-refractivity contribution in [1.82, 2.24) is 0 Å². The molecular weight excluding hydrogens is 200 g/mol. The highest BCUT2D eigenvalue weighted by molar-refractivity contribution is 4.64. The predicted molar refractivity (Wildman–Crippen MR) is 67.5 cm³/mol. The van der Waals surface area contributed by atoms with Crippen LogP contribution in [0.25, 0.3) is 0 Å². The zero-order valence-electron chi connectivity index (χ0n) is 11.0. The van der Waals surface area contributed by atoms with E-state index in [1.807, 2.05) is 0 Å². The van der Waals surface area contributed by atoms with E-state index in [9.17, 15) is 0 Å². The molecule has 0 amide bonds. The van der Waals surface area contributed by atoms with Gasteiger partial charge < -0.3 is 9.47 Å². The summed E-state index contributed by atoms with van der Waals surface area (Å²) in [6, 6.07) is 0. The lowest BCUT2D eigenvalue weighted by Crippen LogP contribution is -2.32. The van der Waals surface area contributed by atoms with Gasteiger partial charge in [-0.2, -0.15) is 0 Å². The first-order chi connectivity index (χ1) is 7.86. The van der Waals surface area contributed by atoms with Crippen molar-refractivity contribution in [2.24, 2.45) is 0 Å². The van der Waals surface area contributed by atoms with Crippen molar-refractivity contribution in [3.8, 4) is 0 Å². The van der Waals surface area contributed by atoms with Gasteiger partial charge in [-0.25, -0.2) is 0 Å². The fourth-order valence-electron chi connectivity index (χ4n) is 2.20. The van der Waals surface area contributed by atoms with Crippen LogP contribution in [-0.2, 0) is 9.47 Å². The number of unbranched alkanes of at least 4 members (excludes halogenated alkanes) is 4. The number of hydrogen-bond acceptors (Lipinski definition) is 2. The molecule has 2 nitrogen and oxygen atoms in total. The van der Waals surface area contributed by atoms with E-state index in [0.29, 0.717) is 6.10 Å². The molecule has 1 saturated heterocycles. The van der Waals surface area contributed by atoms with Gasteiger partial charge in [-0.05, 0) is 25.7 Å². The molecule has 1 heterocycles. The molecule has 0 radical (unpaired) electrons. The molecule has 2 atom stereocenters. The van der Waals surface area contributed by atoms with E-state index in [4.69, 9.17) is 9.47 Å².